The van der Waals surface area contributed by atoms with Crippen molar-refractivity contribution in [3.8, 4) is 5.75 Å². The minimum Gasteiger partial charge on any atom is -0.489 e. The van der Waals surface area contributed by atoms with Crippen LogP contribution >= 0.6 is 0 Å². The fourth-order valence-electron chi connectivity index (χ4n) is 1.89. The van der Waals surface area contributed by atoms with Crippen LogP contribution in [0.3, 0.4) is 0 Å². The Kier molecular flexibility index (Phi) is 7.61. The lowest BCUT2D eigenvalue weighted by atomic mass is 10.2. The van der Waals surface area contributed by atoms with Gasteiger partial charge in [-0.2, -0.15) is 0 Å². The number of para-hydroxylation sites is 1. The van der Waals surface area contributed by atoms with Crippen LogP contribution in [-0.4, -0.2) is 36.4 Å². The quantitative estimate of drug-likeness (QED) is 0.688. The van der Waals surface area contributed by atoms with Gasteiger partial charge in [0.1, 0.15) is 11.9 Å². The number of hydrogen-bond acceptors (Lipinski definition) is 3. The van der Waals surface area contributed by atoms with E-state index in [1.54, 1.807) is 0 Å². The maximum absolute atomic E-state index is 11.6. The molecule has 0 spiro atoms. The van der Waals surface area contributed by atoms with Crippen molar-refractivity contribution < 1.29 is 14.6 Å². The van der Waals surface area contributed by atoms with Crippen LogP contribution in [0.1, 0.15) is 32.3 Å². The number of carbonyl (C=O) groups excluding carboxylic acids is 1. The second-order valence-electron chi connectivity index (χ2n) is 5.23. The van der Waals surface area contributed by atoms with E-state index in [4.69, 9.17) is 4.74 Å². The predicted molar refractivity (Wildman–Crippen MR) is 83.6 cm³/mol. The van der Waals surface area contributed by atoms with E-state index < -0.39 is 6.10 Å². The highest BCUT2D eigenvalue weighted by Gasteiger charge is 2.09. The van der Waals surface area contributed by atoms with E-state index in [0.29, 0.717) is 13.0 Å². The second-order valence-corrected chi connectivity index (χ2v) is 5.23. The van der Waals surface area contributed by atoms with E-state index in [1.165, 1.54) is 0 Å². The Bertz CT molecular complexity index is 437. The Morgan fingerprint density at radius 2 is 1.95 bits per heavy atom. The number of urea groups is 1. The fraction of sp³-hybridized carbons (Fsp3) is 0.562. The molecule has 0 radical (unpaired) electrons. The van der Waals surface area contributed by atoms with Crippen molar-refractivity contribution in [3.05, 3.63) is 29.8 Å². The van der Waals surface area contributed by atoms with Crippen molar-refractivity contribution in [3.63, 3.8) is 0 Å². The number of carbonyl (C=O) groups is 1. The summed E-state index contributed by atoms with van der Waals surface area (Å²) in [4.78, 5) is 11.6. The molecule has 1 aromatic rings. The highest BCUT2D eigenvalue weighted by molar-refractivity contribution is 5.73. The number of aliphatic hydroxyl groups is 1. The van der Waals surface area contributed by atoms with Gasteiger partial charge in [0, 0.05) is 6.54 Å². The molecule has 0 heterocycles. The first kappa shape index (κ1) is 17.3. The zero-order valence-corrected chi connectivity index (χ0v) is 13.1. The first-order chi connectivity index (χ1) is 10.0. The average molecular weight is 294 g/mol. The Morgan fingerprint density at radius 1 is 1.29 bits per heavy atom. The van der Waals surface area contributed by atoms with E-state index in [1.807, 2.05) is 45.0 Å². The summed E-state index contributed by atoms with van der Waals surface area (Å²) >= 11 is 0. The molecule has 21 heavy (non-hydrogen) atoms. The maximum atomic E-state index is 11.6. The molecule has 0 saturated carbocycles. The monoisotopic (exact) mass is 294 g/mol. The van der Waals surface area contributed by atoms with Crippen LogP contribution in [0, 0.1) is 6.92 Å². The van der Waals surface area contributed by atoms with Crippen molar-refractivity contribution >= 4 is 6.03 Å². The normalized spacial score (nSPS) is 13.3. The summed E-state index contributed by atoms with van der Waals surface area (Å²) in [6.07, 6.45) is 0.970. The molecule has 0 aromatic heterocycles. The third kappa shape index (κ3) is 6.99. The molecule has 0 bridgehead atoms. The Morgan fingerprint density at radius 3 is 2.62 bits per heavy atom. The van der Waals surface area contributed by atoms with Gasteiger partial charge in [0.05, 0.1) is 12.6 Å². The minimum atomic E-state index is -0.485. The van der Waals surface area contributed by atoms with Crippen LogP contribution in [0.15, 0.2) is 24.3 Å². The van der Waals surface area contributed by atoms with Crippen LogP contribution in [0.4, 0.5) is 4.79 Å². The Hall–Kier alpha value is -1.75. The van der Waals surface area contributed by atoms with E-state index in [-0.39, 0.29) is 18.7 Å². The van der Waals surface area contributed by atoms with E-state index >= 15 is 0 Å². The molecular weight excluding hydrogens is 268 g/mol. The van der Waals surface area contributed by atoms with Gasteiger partial charge in [-0.15, -0.1) is 0 Å². The lowest BCUT2D eigenvalue weighted by molar-refractivity contribution is 0.159. The summed E-state index contributed by atoms with van der Waals surface area (Å²) in [6, 6.07) is 7.49. The summed E-state index contributed by atoms with van der Waals surface area (Å²) in [5.41, 5.74) is 1.07. The van der Waals surface area contributed by atoms with Crippen LogP contribution in [-0.2, 0) is 0 Å². The van der Waals surface area contributed by atoms with Gasteiger partial charge >= 0.3 is 6.03 Å². The number of nitrogens with one attached hydrogen (secondary N) is 2. The van der Waals surface area contributed by atoms with Crippen molar-refractivity contribution in [2.75, 3.05) is 13.1 Å². The first-order valence-corrected chi connectivity index (χ1v) is 7.45. The molecular formula is C16H26N2O3. The summed E-state index contributed by atoms with van der Waals surface area (Å²) < 4.78 is 5.77. The topological polar surface area (TPSA) is 70.6 Å². The van der Waals surface area contributed by atoms with Gasteiger partial charge in [0.25, 0.3) is 0 Å². The third-order valence-electron chi connectivity index (χ3n) is 3.09. The molecule has 5 nitrogen and oxygen atoms in total. The van der Waals surface area contributed by atoms with E-state index in [0.717, 1.165) is 17.7 Å². The predicted octanol–water partition coefficient (Wildman–Crippen LogP) is 2.22. The van der Waals surface area contributed by atoms with Crippen molar-refractivity contribution in [1.29, 1.82) is 0 Å². The van der Waals surface area contributed by atoms with Crippen molar-refractivity contribution in [1.82, 2.24) is 10.6 Å². The molecule has 118 valence electrons. The van der Waals surface area contributed by atoms with E-state index in [2.05, 4.69) is 10.6 Å². The number of amides is 2. The molecule has 1 rings (SSSR count). The Labute approximate surface area is 126 Å². The summed E-state index contributed by atoms with van der Waals surface area (Å²) in [5, 5.41) is 14.9. The first-order valence-electron chi connectivity index (χ1n) is 7.45. The SMILES string of the molecule is CCCC(O)CNC(=O)NCC(C)Oc1ccccc1C. The highest BCUT2D eigenvalue weighted by atomic mass is 16.5. The van der Waals surface area contributed by atoms with Gasteiger partial charge in [-0.05, 0) is 31.9 Å². The molecule has 3 N–H and O–H groups in total. The van der Waals surface area contributed by atoms with Gasteiger partial charge in [-0.3, -0.25) is 0 Å². The number of ether oxygens (including phenoxy) is 1. The highest BCUT2D eigenvalue weighted by Crippen LogP contribution is 2.17. The van der Waals surface area contributed by atoms with Gasteiger partial charge in [-0.1, -0.05) is 31.5 Å². The van der Waals surface area contributed by atoms with Crippen LogP contribution in [0.25, 0.3) is 0 Å². The number of aliphatic hydroxyl groups excluding tert-OH is 1. The standard InChI is InChI=1S/C16H26N2O3/c1-4-7-14(19)11-18-16(20)17-10-13(3)21-15-9-6-5-8-12(15)2/h5-6,8-9,13-14,19H,4,7,10-11H2,1-3H3,(H2,17,18,20). The minimum absolute atomic E-state index is 0.127. The fourth-order valence-corrected chi connectivity index (χ4v) is 1.89. The zero-order chi connectivity index (χ0) is 15.7. The number of hydrogen-bond donors (Lipinski definition) is 3. The van der Waals surface area contributed by atoms with Crippen molar-refractivity contribution in [2.24, 2.45) is 0 Å². The Balaban J connectivity index is 2.25. The molecule has 0 fully saturated rings. The molecule has 2 unspecified atom stereocenters. The van der Waals surface area contributed by atoms with Gasteiger partial charge in [0.2, 0.25) is 0 Å². The molecule has 0 aliphatic heterocycles. The van der Waals surface area contributed by atoms with Crippen LogP contribution in [0.2, 0.25) is 0 Å². The lowest BCUT2D eigenvalue weighted by Gasteiger charge is -2.17. The average Bonchev–Trinajstić information content (AvgIpc) is 2.46. The second kappa shape index (κ2) is 9.23. The van der Waals surface area contributed by atoms with Gasteiger partial charge in [0.15, 0.2) is 0 Å². The van der Waals surface area contributed by atoms with Gasteiger partial charge in [-0.25, -0.2) is 4.79 Å². The maximum Gasteiger partial charge on any atom is 0.315 e. The van der Waals surface area contributed by atoms with Crippen LogP contribution < -0.4 is 15.4 Å². The number of benzene rings is 1. The summed E-state index contributed by atoms with van der Waals surface area (Å²) in [6.45, 7) is 6.56. The molecule has 2 amide bonds. The smallest absolute Gasteiger partial charge is 0.315 e. The van der Waals surface area contributed by atoms with Crippen LogP contribution in [0.5, 0.6) is 5.75 Å². The molecule has 0 aliphatic carbocycles. The summed E-state index contributed by atoms with van der Waals surface area (Å²) in [5.74, 6) is 0.825. The molecule has 5 heteroatoms. The molecule has 2 atom stereocenters. The lowest BCUT2D eigenvalue weighted by Crippen LogP contribution is -2.43. The third-order valence-corrected chi connectivity index (χ3v) is 3.09. The molecule has 0 aliphatic rings. The zero-order valence-electron chi connectivity index (χ0n) is 13.1. The summed E-state index contributed by atoms with van der Waals surface area (Å²) in [7, 11) is 0. The number of aryl methyl sites for hydroxylation is 1. The van der Waals surface area contributed by atoms with Crippen molar-refractivity contribution in [2.45, 2.75) is 45.8 Å². The molecule has 0 saturated heterocycles. The van der Waals surface area contributed by atoms with E-state index in [9.17, 15) is 9.90 Å². The largest absolute Gasteiger partial charge is 0.489 e. The van der Waals surface area contributed by atoms with Gasteiger partial charge < -0.3 is 20.5 Å². The molecule has 1 aromatic carbocycles. The number of rotatable bonds is 8.